The summed E-state index contributed by atoms with van der Waals surface area (Å²) >= 11 is 0. The van der Waals surface area contributed by atoms with E-state index in [2.05, 4.69) is 4.74 Å². The van der Waals surface area contributed by atoms with Gasteiger partial charge in [-0.25, -0.2) is 0 Å². The summed E-state index contributed by atoms with van der Waals surface area (Å²) in [6, 6.07) is 5.52. The molecule has 0 saturated heterocycles. The van der Waals surface area contributed by atoms with E-state index in [-0.39, 0.29) is 18.1 Å². The maximum atomic E-state index is 10.5. The molecule has 15 heavy (non-hydrogen) atoms. The van der Waals surface area contributed by atoms with Gasteiger partial charge in [-0.15, -0.1) is 0 Å². The Morgan fingerprint density at radius 1 is 1.40 bits per heavy atom. The number of hydrogen-bond acceptors (Lipinski definition) is 5. The number of carbonyl (C=O) groups is 1. The third-order valence-corrected chi connectivity index (χ3v) is 1.85. The number of hydrogen-bond donors (Lipinski definition) is 0. The van der Waals surface area contributed by atoms with Crippen molar-refractivity contribution in [3.05, 3.63) is 34.4 Å². The van der Waals surface area contributed by atoms with Crippen LogP contribution in [0.25, 0.3) is 11.0 Å². The summed E-state index contributed by atoms with van der Waals surface area (Å²) in [7, 11) is 0. The summed E-state index contributed by atoms with van der Waals surface area (Å²) in [6.45, 7) is 0.228. The summed E-state index contributed by atoms with van der Waals surface area (Å²) in [5.41, 5.74) is 0.387. The molecule has 0 amide bonds. The molecule has 76 valence electrons. The smallest absolute Gasteiger partial charge is 0.300 e. The number of non-ortho nitro benzene ring substituents is 1. The van der Waals surface area contributed by atoms with Gasteiger partial charge in [0, 0.05) is 23.6 Å². The molecular weight excluding hydrogens is 202 g/mol. The third kappa shape index (κ3) is 1.64. The number of rotatable bonds is 3. The van der Waals surface area contributed by atoms with Gasteiger partial charge in [-0.1, -0.05) is 0 Å². The van der Waals surface area contributed by atoms with Gasteiger partial charge >= 0.3 is 6.47 Å². The van der Waals surface area contributed by atoms with Gasteiger partial charge in [0.15, 0.2) is 0 Å². The van der Waals surface area contributed by atoms with Crippen molar-refractivity contribution in [1.29, 1.82) is 0 Å². The van der Waals surface area contributed by atoms with Crippen LogP contribution in [0.15, 0.2) is 28.7 Å². The molecular formula is C9H5NO5. The molecule has 6 nitrogen and oxygen atoms in total. The third-order valence-electron chi connectivity index (χ3n) is 1.85. The number of nitro benzene ring substituents is 1. The lowest BCUT2D eigenvalue weighted by Gasteiger charge is -1.89. The molecule has 0 radical (unpaired) electrons. The van der Waals surface area contributed by atoms with Crippen molar-refractivity contribution in [3.63, 3.8) is 0 Å². The normalized spacial score (nSPS) is 10.1. The van der Waals surface area contributed by atoms with E-state index in [0.29, 0.717) is 11.0 Å². The molecule has 0 unspecified atom stereocenters. The highest BCUT2D eigenvalue weighted by atomic mass is 16.6. The predicted octanol–water partition coefficient (Wildman–Crippen LogP) is 1.88. The van der Waals surface area contributed by atoms with Gasteiger partial charge in [0.1, 0.15) is 5.58 Å². The van der Waals surface area contributed by atoms with Crippen LogP contribution in [0.1, 0.15) is 0 Å². The van der Waals surface area contributed by atoms with Gasteiger partial charge in [-0.2, -0.15) is 0 Å². The Morgan fingerprint density at radius 3 is 2.87 bits per heavy atom. The Balaban J connectivity index is 2.51. The Bertz CT molecular complexity index is 530. The zero-order valence-corrected chi connectivity index (χ0v) is 7.38. The highest BCUT2D eigenvalue weighted by Gasteiger charge is 2.10. The van der Waals surface area contributed by atoms with E-state index in [9.17, 15) is 14.9 Å². The number of ether oxygens (including phenoxy) is 1. The lowest BCUT2D eigenvalue weighted by atomic mass is 10.2. The average molecular weight is 207 g/mol. The lowest BCUT2D eigenvalue weighted by Crippen LogP contribution is -1.85. The first-order valence-corrected chi connectivity index (χ1v) is 3.99. The second kappa shape index (κ2) is 3.41. The van der Waals surface area contributed by atoms with Crippen LogP contribution in [0.5, 0.6) is 5.95 Å². The molecule has 0 saturated carbocycles. The molecule has 0 N–H and O–H groups in total. The second-order valence-corrected chi connectivity index (χ2v) is 2.76. The molecule has 0 atom stereocenters. The SMILES string of the molecule is O=COc1cc2cc([N+](=O)[O-])ccc2o1. The van der Waals surface area contributed by atoms with Gasteiger partial charge in [-0.05, 0) is 6.07 Å². The number of furan rings is 1. The van der Waals surface area contributed by atoms with Crippen LogP contribution < -0.4 is 4.74 Å². The number of benzene rings is 1. The van der Waals surface area contributed by atoms with Gasteiger partial charge in [-0.3, -0.25) is 14.9 Å². The number of fused-ring (bicyclic) bond motifs is 1. The predicted molar refractivity (Wildman–Crippen MR) is 49.6 cm³/mol. The minimum atomic E-state index is -0.507. The number of nitrogens with zero attached hydrogens (tertiary/aromatic N) is 1. The summed E-state index contributed by atoms with van der Waals surface area (Å²) in [6.07, 6.45) is 0. The summed E-state index contributed by atoms with van der Waals surface area (Å²) in [5, 5.41) is 11.0. The van der Waals surface area contributed by atoms with Crippen molar-refractivity contribution in [1.82, 2.24) is 0 Å². The van der Waals surface area contributed by atoms with Crippen molar-refractivity contribution >= 4 is 23.1 Å². The molecule has 0 spiro atoms. The molecule has 6 heteroatoms. The van der Waals surface area contributed by atoms with Crippen molar-refractivity contribution in [2.75, 3.05) is 0 Å². The molecule has 0 aliphatic carbocycles. The topological polar surface area (TPSA) is 82.6 Å². The largest absolute Gasteiger partial charge is 0.425 e. The Hall–Kier alpha value is -2.37. The standard InChI is InChI=1S/C9H5NO5/c11-5-14-9-4-6-3-7(10(12)13)1-2-8(6)15-9/h1-5H. The van der Waals surface area contributed by atoms with Gasteiger partial charge in [0.2, 0.25) is 0 Å². The first kappa shape index (κ1) is 9.20. The zero-order chi connectivity index (χ0) is 10.8. The van der Waals surface area contributed by atoms with Crippen LogP contribution in [0.2, 0.25) is 0 Å². The fourth-order valence-corrected chi connectivity index (χ4v) is 1.23. The zero-order valence-electron chi connectivity index (χ0n) is 7.38. The Morgan fingerprint density at radius 2 is 2.20 bits per heavy atom. The molecule has 0 aliphatic heterocycles. The van der Waals surface area contributed by atoms with Crippen molar-refractivity contribution in [3.8, 4) is 5.95 Å². The van der Waals surface area contributed by atoms with E-state index in [1.54, 1.807) is 0 Å². The van der Waals surface area contributed by atoms with Gasteiger partial charge < -0.3 is 9.15 Å². The van der Waals surface area contributed by atoms with Crippen LogP contribution >= 0.6 is 0 Å². The highest BCUT2D eigenvalue weighted by molar-refractivity contribution is 5.81. The van der Waals surface area contributed by atoms with Crippen LogP contribution in [-0.4, -0.2) is 11.4 Å². The van der Waals surface area contributed by atoms with E-state index in [1.807, 2.05) is 0 Å². The summed E-state index contributed by atoms with van der Waals surface area (Å²) in [4.78, 5) is 20.0. The van der Waals surface area contributed by atoms with E-state index in [4.69, 9.17) is 4.42 Å². The van der Waals surface area contributed by atoms with Crippen LogP contribution in [-0.2, 0) is 4.79 Å². The van der Waals surface area contributed by atoms with E-state index in [0.717, 1.165) is 0 Å². The van der Waals surface area contributed by atoms with Crippen molar-refractivity contribution < 1.29 is 18.9 Å². The Kier molecular flexibility index (Phi) is 2.09. The van der Waals surface area contributed by atoms with Crippen LogP contribution in [0.4, 0.5) is 5.69 Å². The first-order valence-electron chi connectivity index (χ1n) is 3.99. The molecule has 0 aliphatic rings. The molecule has 2 aromatic rings. The maximum Gasteiger partial charge on any atom is 0.300 e. The maximum absolute atomic E-state index is 10.5. The molecule has 0 fully saturated rings. The molecule has 0 bridgehead atoms. The van der Waals surface area contributed by atoms with Crippen molar-refractivity contribution in [2.45, 2.75) is 0 Å². The minimum absolute atomic E-state index is 0.0143. The molecule has 1 aromatic carbocycles. The van der Waals surface area contributed by atoms with E-state index < -0.39 is 4.92 Å². The lowest BCUT2D eigenvalue weighted by molar-refractivity contribution is -0.384. The van der Waals surface area contributed by atoms with E-state index in [1.165, 1.54) is 24.3 Å². The Labute approximate surface area is 83.2 Å². The molecule has 1 aromatic heterocycles. The highest BCUT2D eigenvalue weighted by Crippen LogP contribution is 2.27. The summed E-state index contributed by atoms with van der Waals surface area (Å²) < 4.78 is 9.54. The number of nitro groups is 1. The fraction of sp³-hybridized carbons (Fsp3) is 0. The number of carbonyl (C=O) groups excluding carboxylic acids is 1. The molecule has 1 heterocycles. The monoisotopic (exact) mass is 207 g/mol. The van der Waals surface area contributed by atoms with E-state index >= 15 is 0 Å². The van der Waals surface area contributed by atoms with Gasteiger partial charge in [0.25, 0.3) is 11.6 Å². The quantitative estimate of drug-likeness (QED) is 0.436. The first-order chi connectivity index (χ1) is 7.20. The average Bonchev–Trinajstić information content (AvgIpc) is 2.59. The fourth-order valence-electron chi connectivity index (χ4n) is 1.23. The summed E-state index contributed by atoms with van der Waals surface area (Å²) in [5.74, 6) is 0.0143. The van der Waals surface area contributed by atoms with Gasteiger partial charge in [0.05, 0.1) is 4.92 Å². The minimum Gasteiger partial charge on any atom is -0.425 e. The second-order valence-electron chi connectivity index (χ2n) is 2.76. The van der Waals surface area contributed by atoms with Crippen molar-refractivity contribution in [2.24, 2.45) is 0 Å². The van der Waals surface area contributed by atoms with Crippen LogP contribution in [0.3, 0.4) is 0 Å². The molecule has 2 rings (SSSR count). The van der Waals surface area contributed by atoms with Crippen LogP contribution in [0, 0.1) is 10.1 Å².